The van der Waals surface area contributed by atoms with Crippen LogP contribution in [0.3, 0.4) is 0 Å². The zero-order valence-corrected chi connectivity index (χ0v) is 11.1. The monoisotopic (exact) mass is 238 g/mol. The number of nitrogens with zero attached hydrogens (tertiary/aromatic N) is 1. The van der Waals surface area contributed by atoms with Crippen LogP contribution in [0.2, 0.25) is 0 Å². The van der Waals surface area contributed by atoms with Gasteiger partial charge in [-0.1, -0.05) is 26.7 Å². The summed E-state index contributed by atoms with van der Waals surface area (Å²) in [6.07, 6.45) is 5.70. The fraction of sp³-hybridized carbons (Fsp3) is 0.769. The Hall–Kier alpha value is -0.410. The van der Waals surface area contributed by atoms with Gasteiger partial charge >= 0.3 is 0 Å². The van der Waals surface area contributed by atoms with E-state index in [1.807, 2.05) is 0 Å². The summed E-state index contributed by atoms with van der Waals surface area (Å²) in [5, 5.41) is 6.99. The SMILES string of the molecule is CC(C)c1nc(CNCC2CCCC2)cs1. The molecule has 1 N–H and O–H groups in total. The molecule has 2 nitrogen and oxygen atoms in total. The zero-order valence-electron chi connectivity index (χ0n) is 10.3. The summed E-state index contributed by atoms with van der Waals surface area (Å²) in [4.78, 5) is 4.63. The highest BCUT2D eigenvalue weighted by atomic mass is 32.1. The Morgan fingerprint density at radius 3 is 2.81 bits per heavy atom. The van der Waals surface area contributed by atoms with Crippen molar-refractivity contribution in [3.63, 3.8) is 0 Å². The number of aromatic nitrogens is 1. The third-order valence-electron chi connectivity index (χ3n) is 3.28. The first-order valence-electron chi connectivity index (χ1n) is 6.40. The number of hydrogen-bond acceptors (Lipinski definition) is 3. The van der Waals surface area contributed by atoms with E-state index in [1.165, 1.54) is 42.9 Å². The second kappa shape index (κ2) is 5.78. The van der Waals surface area contributed by atoms with E-state index in [4.69, 9.17) is 0 Å². The largest absolute Gasteiger partial charge is 0.311 e. The molecule has 1 fully saturated rings. The first kappa shape index (κ1) is 12.1. The molecule has 1 aliphatic rings. The number of nitrogens with one attached hydrogen (secondary N) is 1. The molecule has 1 aromatic heterocycles. The molecule has 0 bridgehead atoms. The second-order valence-corrected chi connectivity index (χ2v) is 6.00. The minimum absolute atomic E-state index is 0.564. The Balaban J connectivity index is 1.72. The molecule has 1 aromatic rings. The maximum atomic E-state index is 4.63. The fourth-order valence-electron chi connectivity index (χ4n) is 2.29. The van der Waals surface area contributed by atoms with E-state index in [2.05, 4.69) is 29.5 Å². The van der Waals surface area contributed by atoms with Gasteiger partial charge in [-0.15, -0.1) is 11.3 Å². The number of thiazole rings is 1. The van der Waals surface area contributed by atoms with Crippen LogP contribution in [0.5, 0.6) is 0 Å². The van der Waals surface area contributed by atoms with Crippen LogP contribution in [0.4, 0.5) is 0 Å². The van der Waals surface area contributed by atoms with Crippen molar-refractivity contribution >= 4 is 11.3 Å². The molecule has 90 valence electrons. The summed E-state index contributed by atoms with van der Waals surface area (Å²) in [6, 6.07) is 0. The third kappa shape index (κ3) is 3.29. The minimum Gasteiger partial charge on any atom is -0.311 e. The Kier molecular flexibility index (Phi) is 4.36. The fourth-order valence-corrected chi connectivity index (χ4v) is 3.12. The lowest BCUT2D eigenvalue weighted by molar-refractivity contribution is 0.487. The summed E-state index contributed by atoms with van der Waals surface area (Å²) in [7, 11) is 0. The molecule has 0 radical (unpaired) electrons. The molecule has 0 atom stereocenters. The Morgan fingerprint density at radius 1 is 1.44 bits per heavy atom. The van der Waals surface area contributed by atoms with Crippen molar-refractivity contribution in [2.75, 3.05) is 6.54 Å². The predicted molar refractivity (Wildman–Crippen MR) is 69.9 cm³/mol. The van der Waals surface area contributed by atoms with E-state index in [0.29, 0.717) is 5.92 Å². The van der Waals surface area contributed by atoms with Crippen molar-refractivity contribution in [3.8, 4) is 0 Å². The molecule has 3 heteroatoms. The van der Waals surface area contributed by atoms with Crippen molar-refractivity contribution in [1.29, 1.82) is 0 Å². The summed E-state index contributed by atoms with van der Waals surface area (Å²) in [5.41, 5.74) is 1.21. The van der Waals surface area contributed by atoms with Crippen LogP contribution in [0.25, 0.3) is 0 Å². The van der Waals surface area contributed by atoms with Gasteiger partial charge in [0.1, 0.15) is 0 Å². The van der Waals surface area contributed by atoms with Gasteiger partial charge in [-0.05, 0) is 25.3 Å². The molecule has 0 unspecified atom stereocenters. The van der Waals surface area contributed by atoms with Crippen molar-refractivity contribution in [2.45, 2.75) is 52.0 Å². The van der Waals surface area contributed by atoms with Gasteiger partial charge in [-0.3, -0.25) is 0 Å². The van der Waals surface area contributed by atoms with Gasteiger partial charge in [0, 0.05) is 17.8 Å². The molecule has 0 spiro atoms. The Labute approximate surface area is 102 Å². The average molecular weight is 238 g/mol. The van der Waals surface area contributed by atoms with E-state index >= 15 is 0 Å². The van der Waals surface area contributed by atoms with E-state index in [0.717, 1.165) is 12.5 Å². The topological polar surface area (TPSA) is 24.9 Å². The van der Waals surface area contributed by atoms with Gasteiger partial charge in [-0.25, -0.2) is 4.98 Å². The van der Waals surface area contributed by atoms with Crippen LogP contribution < -0.4 is 5.32 Å². The van der Waals surface area contributed by atoms with Gasteiger partial charge < -0.3 is 5.32 Å². The van der Waals surface area contributed by atoms with Crippen LogP contribution in [0.15, 0.2) is 5.38 Å². The Morgan fingerprint density at radius 2 is 2.19 bits per heavy atom. The number of rotatable bonds is 5. The molecule has 16 heavy (non-hydrogen) atoms. The standard InChI is InChI=1S/C13H22N2S/c1-10(2)13-15-12(9-16-13)8-14-7-11-5-3-4-6-11/h9-11,14H,3-8H2,1-2H3. The molecule has 0 amide bonds. The molecule has 1 aliphatic carbocycles. The van der Waals surface area contributed by atoms with Crippen molar-refractivity contribution in [3.05, 3.63) is 16.1 Å². The van der Waals surface area contributed by atoms with Gasteiger partial charge in [0.2, 0.25) is 0 Å². The van der Waals surface area contributed by atoms with E-state index in [-0.39, 0.29) is 0 Å². The van der Waals surface area contributed by atoms with E-state index in [1.54, 1.807) is 11.3 Å². The zero-order chi connectivity index (χ0) is 11.4. The van der Waals surface area contributed by atoms with Gasteiger partial charge in [0.15, 0.2) is 0 Å². The molecule has 1 saturated carbocycles. The summed E-state index contributed by atoms with van der Waals surface area (Å²) < 4.78 is 0. The van der Waals surface area contributed by atoms with Gasteiger partial charge in [0.05, 0.1) is 10.7 Å². The molecular weight excluding hydrogens is 216 g/mol. The highest BCUT2D eigenvalue weighted by Crippen LogP contribution is 2.24. The van der Waals surface area contributed by atoms with Crippen molar-refractivity contribution < 1.29 is 0 Å². The van der Waals surface area contributed by atoms with Gasteiger partial charge in [0.25, 0.3) is 0 Å². The normalized spacial score (nSPS) is 17.4. The lowest BCUT2D eigenvalue weighted by Gasteiger charge is -2.09. The van der Waals surface area contributed by atoms with E-state index < -0.39 is 0 Å². The first-order valence-corrected chi connectivity index (χ1v) is 7.28. The van der Waals surface area contributed by atoms with Crippen molar-refractivity contribution in [1.82, 2.24) is 10.3 Å². The van der Waals surface area contributed by atoms with Crippen LogP contribution >= 0.6 is 11.3 Å². The quantitative estimate of drug-likeness (QED) is 0.848. The highest BCUT2D eigenvalue weighted by Gasteiger charge is 2.14. The molecular formula is C13H22N2S. The molecule has 2 rings (SSSR count). The van der Waals surface area contributed by atoms with Crippen LogP contribution in [0, 0.1) is 5.92 Å². The predicted octanol–water partition coefficient (Wildman–Crippen LogP) is 3.55. The van der Waals surface area contributed by atoms with E-state index in [9.17, 15) is 0 Å². The summed E-state index contributed by atoms with van der Waals surface area (Å²) >= 11 is 1.79. The maximum Gasteiger partial charge on any atom is 0.0954 e. The van der Waals surface area contributed by atoms with Crippen molar-refractivity contribution in [2.24, 2.45) is 5.92 Å². The maximum absolute atomic E-state index is 4.63. The number of hydrogen-bond donors (Lipinski definition) is 1. The second-order valence-electron chi connectivity index (χ2n) is 5.11. The van der Waals surface area contributed by atoms with Crippen LogP contribution in [-0.4, -0.2) is 11.5 Å². The van der Waals surface area contributed by atoms with Crippen LogP contribution in [-0.2, 0) is 6.54 Å². The molecule has 1 heterocycles. The highest BCUT2D eigenvalue weighted by molar-refractivity contribution is 7.09. The summed E-state index contributed by atoms with van der Waals surface area (Å²) in [5.74, 6) is 1.48. The smallest absolute Gasteiger partial charge is 0.0954 e. The van der Waals surface area contributed by atoms with Crippen LogP contribution in [0.1, 0.15) is 56.2 Å². The molecule has 0 saturated heterocycles. The molecule has 0 aliphatic heterocycles. The lowest BCUT2D eigenvalue weighted by Crippen LogP contribution is -2.20. The minimum atomic E-state index is 0.564. The Bertz CT molecular complexity index is 313. The molecule has 0 aromatic carbocycles. The lowest BCUT2D eigenvalue weighted by atomic mass is 10.1. The first-order chi connectivity index (χ1) is 7.75. The summed E-state index contributed by atoms with van der Waals surface area (Å²) in [6.45, 7) is 6.53. The van der Waals surface area contributed by atoms with Gasteiger partial charge in [-0.2, -0.15) is 0 Å². The average Bonchev–Trinajstić information content (AvgIpc) is 2.87. The third-order valence-corrected chi connectivity index (χ3v) is 4.47.